The highest BCUT2D eigenvalue weighted by molar-refractivity contribution is 14.1. The average Bonchev–Trinajstić information content (AvgIpc) is 3.13. The number of nitrogens with one attached hydrogen (secondary N) is 2. The van der Waals surface area contributed by atoms with Crippen LogP contribution in [0.15, 0.2) is 36.7 Å². The maximum absolute atomic E-state index is 12.1. The Bertz CT molecular complexity index is 703. The minimum atomic E-state index is -0.0595. The van der Waals surface area contributed by atoms with E-state index in [0.29, 0.717) is 18.7 Å². The Morgan fingerprint density at radius 3 is 2.79 bits per heavy atom. The van der Waals surface area contributed by atoms with E-state index in [2.05, 4.69) is 48.1 Å². The molecule has 1 amide bonds. The minimum Gasteiger partial charge on any atom is -0.368 e. The van der Waals surface area contributed by atoms with Crippen LogP contribution in [0.2, 0.25) is 0 Å². The second-order valence-corrected chi connectivity index (χ2v) is 6.89. The highest BCUT2D eigenvalue weighted by Crippen LogP contribution is 2.19. The number of anilines is 2. The SMILES string of the molecule is O=C(NCCNc1cc(N2CCCC2)ncn1)c1cccc(I)c1. The first-order chi connectivity index (χ1) is 11.7. The Kier molecular flexibility index (Phi) is 5.84. The Hall–Kier alpha value is -1.90. The summed E-state index contributed by atoms with van der Waals surface area (Å²) in [6, 6.07) is 9.50. The molecule has 0 saturated carbocycles. The van der Waals surface area contributed by atoms with Crippen molar-refractivity contribution in [3.8, 4) is 0 Å². The largest absolute Gasteiger partial charge is 0.368 e. The van der Waals surface area contributed by atoms with Crippen molar-refractivity contribution in [2.24, 2.45) is 0 Å². The molecule has 3 rings (SSSR count). The lowest BCUT2D eigenvalue weighted by Gasteiger charge is -2.16. The van der Waals surface area contributed by atoms with Gasteiger partial charge in [0.2, 0.25) is 0 Å². The number of halogens is 1. The van der Waals surface area contributed by atoms with Crippen molar-refractivity contribution in [2.75, 3.05) is 36.4 Å². The smallest absolute Gasteiger partial charge is 0.251 e. The van der Waals surface area contributed by atoms with E-state index in [-0.39, 0.29) is 5.91 Å². The van der Waals surface area contributed by atoms with Crippen LogP contribution in [-0.4, -0.2) is 42.1 Å². The summed E-state index contributed by atoms with van der Waals surface area (Å²) in [7, 11) is 0. The van der Waals surface area contributed by atoms with Crippen molar-refractivity contribution in [3.05, 3.63) is 45.8 Å². The van der Waals surface area contributed by atoms with Gasteiger partial charge in [-0.15, -0.1) is 0 Å². The number of carbonyl (C=O) groups excluding carboxylic acids is 1. The molecule has 1 fully saturated rings. The lowest BCUT2D eigenvalue weighted by molar-refractivity contribution is 0.0955. The predicted octanol–water partition coefficient (Wildman–Crippen LogP) is 2.52. The maximum atomic E-state index is 12.1. The van der Waals surface area contributed by atoms with Crippen molar-refractivity contribution in [2.45, 2.75) is 12.8 Å². The van der Waals surface area contributed by atoms with Gasteiger partial charge in [0.15, 0.2) is 0 Å². The molecule has 2 N–H and O–H groups in total. The molecule has 1 aliphatic rings. The van der Waals surface area contributed by atoms with Gasteiger partial charge in [-0.2, -0.15) is 0 Å². The topological polar surface area (TPSA) is 70.2 Å². The van der Waals surface area contributed by atoms with Gasteiger partial charge in [-0.25, -0.2) is 9.97 Å². The Balaban J connectivity index is 1.46. The molecule has 2 heterocycles. The fraction of sp³-hybridized carbons (Fsp3) is 0.353. The number of hydrogen-bond acceptors (Lipinski definition) is 5. The van der Waals surface area contributed by atoms with Gasteiger partial charge in [-0.05, 0) is 53.6 Å². The average molecular weight is 437 g/mol. The number of amides is 1. The Morgan fingerprint density at radius 1 is 1.17 bits per heavy atom. The molecule has 0 aliphatic carbocycles. The molecular weight excluding hydrogens is 417 g/mol. The van der Waals surface area contributed by atoms with Gasteiger partial charge in [0, 0.05) is 41.4 Å². The molecule has 6 nitrogen and oxygen atoms in total. The highest BCUT2D eigenvalue weighted by atomic mass is 127. The highest BCUT2D eigenvalue weighted by Gasteiger charge is 2.13. The van der Waals surface area contributed by atoms with Crippen LogP contribution in [0.1, 0.15) is 23.2 Å². The molecule has 7 heteroatoms. The van der Waals surface area contributed by atoms with Crippen molar-refractivity contribution < 1.29 is 4.79 Å². The molecule has 0 unspecified atom stereocenters. The second kappa shape index (κ2) is 8.27. The second-order valence-electron chi connectivity index (χ2n) is 5.65. The zero-order valence-corrected chi connectivity index (χ0v) is 15.5. The van der Waals surface area contributed by atoms with E-state index in [1.165, 1.54) is 12.8 Å². The van der Waals surface area contributed by atoms with Crippen LogP contribution in [0.3, 0.4) is 0 Å². The van der Waals surface area contributed by atoms with Crippen molar-refractivity contribution in [1.82, 2.24) is 15.3 Å². The lowest BCUT2D eigenvalue weighted by atomic mass is 10.2. The number of benzene rings is 1. The molecule has 1 aromatic heterocycles. The molecule has 0 bridgehead atoms. The van der Waals surface area contributed by atoms with Gasteiger partial charge in [-0.1, -0.05) is 6.07 Å². The van der Waals surface area contributed by atoms with Gasteiger partial charge in [0.25, 0.3) is 5.91 Å². The fourth-order valence-electron chi connectivity index (χ4n) is 2.66. The normalized spacial score (nSPS) is 13.8. The van der Waals surface area contributed by atoms with Crippen LogP contribution >= 0.6 is 22.6 Å². The zero-order chi connectivity index (χ0) is 16.8. The number of nitrogens with zero attached hydrogens (tertiary/aromatic N) is 3. The first-order valence-corrected chi connectivity index (χ1v) is 9.15. The Morgan fingerprint density at radius 2 is 2.00 bits per heavy atom. The molecule has 0 radical (unpaired) electrons. The van der Waals surface area contributed by atoms with Crippen molar-refractivity contribution in [1.29, 1.82) is 0 Å². The fourth-order valence-corrected chi connectivity index (χ4v) is 3.20. The summed E-state index contributed by atoms with van der Waals surface area (Å²) < 4.78 is 1.05. The molecule has 0 atom stereocenters. The minimum absolute atomic E-state index is 0.0595. The van der Waals surface area contributed by atoms with Crippen LogP contribution in [-0.2, 0) is 0 Å². The summed E-state index contributed by atoms with van der Waals surface area (Å²) in [6.45, 7) is 3.27. The van der Waals surface area contributed by atoms with E-state index in [0.717, 1.165) is 28.3 Å². The summed E-state index contributed by atoms with van der Waals surface area (Å²) in [5.74, 6) is 1.69. The molecule has 2 aromatic rings. The maximum Gasteiger partial charge on any atom is 0.251 e. The van der Waals surface area contributed by atoms with Crippen LogP contribution in [0, 0.1) is 3.57 Å². The van der Waals surface area contributed by atoms with E-state index in [4.69, 9.17) is 0 Å². The van der Waals surface area contributed by atoms with Gasteiger partial charge in [0.05, 0.1) is 0 Å². The van der Waals surface area contributed by atoms with E-state index in [1.54, 1.807) is 6.33 Å². The summed E-state index contributed by atoms with van der Waals surface area (Å²) in [4.78, 5) is 22.9. The van der Waals surface area contributed by atoms with E-state index in [1.807, 2.05) is 30.3 Å². The van der Waals surface area contributed by atoms with Gasteiger partial charge < -0.3 is 15.5 Å². The van der Waals surface area contributed by atoms with Crippen molar-refractivity contribution >= 4 is 40.1 Å². The van der Waals surface area contributed by atoms with E-state index in [9.17, 15) is 4.79 Å². The Labute approximate surface area is 155 Å². The molecule has 1 aromatic carbocycles. The number of rotatable bonds is 6. The van der Waals surface area contributed by atoms with Crippen LogP contribution in [0.4, 0.5) is 11.6 Å². The third-order valence-corrected chi connectivity index (χ3v) is 4.56. The first kappa shape index (κ1) is 16.9. The van der Waals surface area contributed by atoms with Gasteiger partial charge in [0.1, 0.15) is 18.0 Å². The number of carbonyl (C=O) groups is 1. The quantitative estimate of drug-likeness (QED) is 0.537. The standard InChI is InChI=1S/C17H20IN5O/c18-14-5-3-4-13(10-14)17(24)20-7-6-19-15-11-16(22-12-21-15)23-8-1-2-9-23/h3-5,10-12H,1-2,6-9H2,(H,20,24)(H,19,21,22). The first-order valence-electron chi connectivity index (χ1n) is 8.07. The van der Waals surface area contributed by atoms with Crippen LogP contribution in [0.25, 0.3) is 0 Å². The predicted molar refractivity (Wildman–Crippen MR) is 103 cm³/mol. The summed E-state index contributed by atoms with van der Waals surface area (Å²) in [6.07, 6.45) is 4.02. The molecule has 1 aliphatic heterocycles. The zero-order valence-electron chi connectivity index (χ0n) is 13.3. The molecule has 24 heavy (non-hydrogen) atoms. The summed E-state index contributed by atoms with van der Waals surface area (Å²) in [5.41, 5.74) is 0.681. The molecule has 0 spiro atoms. The van der Waals surface area contributed by atoms with E-state index < -0.39 is 0 Å². The number of hydrogen-bond donors (Lipinski definition) is 2. The van der Waals surface area contributed by atoms with Crippen LogP contribution < -0.4 is 15.5 Å². The third kappa shape index (κ3) is 4.56. The molecule has 1 saturated heterocycles. The van der Waals surface area contributed by atoms with E-state index >= 15 is 0 Å². The van der Waals surface area contributed by atoms with Crippen LogP contribution in [0.5, 0.6) is 0 Å². The van der Waals surface area contributed by atoms with Gasteiger partial charge in [-0.3, -0.25) is 4.79 Å². The molecular formula is C17H20IN5O. The number of aromatic nitrogens is 2. The summed E-state index contributed by atoms with van der Waals surface area (Å²) in [5, 5.41) is 6.14. The van der Waals surface area contributed by atoms with Gasteiger partial charge >= 0.3 is 0 Å². The monoisotopic (exact) mass is 437 g/mol. The lowest BCUT2D eigenvalue weighted by Crippen LogP contribution is -2.29. The third-order valence-electron chi connectivity index (χ3n) is 3.89. The summed E-state index contributed by atoms with van der Waals surface area (Å²) >= 11 is 2.20. The molecule has 126 valence electrons. The van der Waals surface area contributed by atoms with Crippen molar-refractivity contribution in [3.63, 3.8) is 0 Å².